The quantitative estimate of drug-likeness (QED) is 0.372. The Bertz CT molecular complexity index is 1320. The zero-order chi connectivity index (χ0) is 24.3. The van der Waals surface area contributed by atoms with Gasteiger partial charge in [0.2, 0.25) is 0 Å². The van der Waals surface area contributed by atoms with E-state index in [1.165, 1.54) is 48.6 Å². The number of aryl methyl sites for hydroxylation is 3. The summed E-state index contributed by atoms with van der Waals surface area (Å²) in [5.74, 6) is -0.345. The van der Waals surface area contributed by atoms with Crippen LogP contribution in [0.25, 0.3) is 21.3 Å². The molecule has 0 bridgehead atoms. The molecule has 0 radical (unpaired) electrons. The third-order valence-electron chi connectivity index (χ3n) is 5.78. The van der Waals surface area contributed by atoms with Crippen molar-refractivity contribution in [2.75, 3.05) is 0 Å². The fraction of sp³-hybridized carbons (Fsp3) is 0.476. The molecule has 0 fully saturated rings. The molecule has 1 aromatic carbocycles. The van der Waals surface area contributed by atoms with E-state index < -0.39 is 15.6 Å². The minimum Gasteiger partial charge on any atom is -0.375 e. The highest BCUT2D eigenvalue weighted by Crippen LogP contribution is 2.41. The summed E-state index contributed by atoms with van der Waals surface area (Å²) in [7, 11) is -3.83. The molecule has 1 aliphatic carbocycles. The van der Waals surface area contributed by atoms with Crippen molar-refractivity contribution in [2.45, 2.75) is 52.5 Å². The second-order valence-corrected chi connectivity index (χ2v) is 11.6. The summed E-state index contributed by atoms with van der Waals surface area (Å²) in [6, 6.07) is 3.07. The zero-order valence-corrected chi connectivity index (χ0v) is 20.4. The number of alkyl halides is 3. The predicted octanol–water partition coefficient (Wildman–Crippen LogP) is 4.97. The van der Waals surface area contributed by atoms with E-state index in [0.29, 0.717) is 15.6 Å². The number of nitrogens with zero attached hydrogens (tertiary/aromatic N) is 4. The van der Waals surface area contributed by atoms with Gasteiger partial charge in [-0.3, -0.25) is 4.68 Å². The molecule has 0 saturated heterocycles. The van der Waals surface area contributed by atoms with Crippen molar-refractivity contribution >= 4 is 21.5 Å². The molecule has 1 aliphatic rings. The number of aromatic nitrogens is 4. The molecular formula is C21H23F3N4O3S2. The summed E-state index contributed by atoms with van der Waals surface area (Å²) in [5.41, 5.74) is -1.03. The number of hydrogen-bond acceptors (Lipinski definition) is 7. The maximum Gasteiger partial charge on any atom is 0.534 e. The minimum absolute atomic E-state index is 0.211. The number of rotatable bonds is 4. The van der Waals surface area contributed by atoms with E-state index in [9.17, 15) is 21.6 Å². The molecule has 0 amide bonds. The lowest BCUT2D eigenvalue weighted by atomic mass is 9.76. The first-order valence-corrected chi connectivity index (χ1v) is 12.4. The van der Waals surface area contributed by atoms with Gasteiger partial charge < -0.3 is 4.18 Å². The van der Waals surface area contributed by atoms with Crippen LogP contribution in [0.15, 0.2) is 12.1 Å². The van der Waals surface area contributed by atoms with Gasteiger partial charge in [-0.05, 0) is 61.8 Å². The van der Waals surface area contributed by atoms with E-state index in [1.807, 2.05) is 11.7 Å². The lowest BCUT2D eigenvalue weighted by Crippen LogP contribution is -2.28. The van der Waals surface area contributed by atoms with E-state index in [4.69, 9.17) is 0 Å². The highest BCUT2D eigenvalue weighted by molar-refractivity contribution is 7.88. The van der Waals surface area contributed by atoms with Crippen molar-refractivity contribution in [3.05, 3.63) is 34.5 Å². The Kier molecular flexibility index (Phi) is 5.59. The van der Waals surface area contributed by atoms with Crippen molar-refractivity contribution < 1.29 is 25.8 Å². The molecule has 7 nitrogen and oxygen atoms in total. The predicted molar refractivity (Wildman–Crippen MR) is 118 cm³/mol. The number of hydrogen-bond donors (Lipinski definition) is 0. The van der Waals surface area contributed by atoms with Gasteiger partial charge in [-0.15, -0.1) is 10.2 Å². The van der Waals surface area contributed by atoms with Crippen LogP contribution in [0.5, 0.6) is 5.75 Å². The van der Waals surface area contributed by atoms with Crippen LogP contribution in [0.1, 0.15) is 42.7 Å². The molecule has 178 valence electrons. The first kappa shape index (κ1) is 23.7. The third-order valence-corrected chi connectivity index (χ3v) is 7.72. The summed E-state index contributed by atoms with van der Waals surface area (Å²) in [6.07, 6.45) is 2.88. The van der Waals surface area contributed by atoms with Crippen molar-refractivity contribution in [3.8, 4) is 27.0 Å². The molecule has 0 aliphatic heterocycles. The van der Waals surface area contributed by atoms with Crippen molar-refractivity contribution in [2.24, 2.45) is 12.5 Å². The third kappa shape index (κ3) is 4.37. The lowest BCUT2D eigenvalue weighted by molar-refractivity contribution is -0.0500. The van der Waals surface area contributed by atoms with Crippen LogP contribution in [-0.2, 0) is 30.0 Å². The van der Waals surface area contributed by atoms with E-state index in [2.05, 4.69) is 33.3 Å². The number of halogens is 3. The molecule has 0 N–H and O–H groups in total. The fourth-order valence-electron chi connectivity index (χ4n) is 4.06. The second-order valence-electron chi connectivity index (χ2n) is 9.07. The van der Waals surface area contributed by atoms with E-state index in [1.54, 1.807) is 0 Å². The van der Waals surface area contributed by atoms with Gasteiger partial charge >= 0.3 is 15.6 Å². The monoisotopic (exact) mass is 500 g/mol. The van der Waals surface area contributed by atoms with Crippen LogP contribution >= 0.6 is 11.3 Å². The molecule has 33 heavy (non-hydrogen) atoms. The van der Waals surface area contributed by atoms with Gasteiger partial charge in [0, 0.05) is 23.9 Å². The van der Waals surface area contributed by atoms with Crippen LogP contribution in [-0.4, -0.2) is 33.9 Å². The molecule has 4 rings (SSSR count). The highest BCUT2D eigenvalue weighted by Gasteiger charge is 2.49. The molecule has 0 atom stereocenters. The molecule has 3 aromatic rings. The Labute approximate surface area is 193 Å². The molecule has 2 heterocycles. The minimum atomic E-state index is -5.76. The SMILES string of the molecule is Cc1cc(-c2nnc(-c3nn(C)c4c3CCC(C)(C)C4)s2)cc(C)c1OS(=O)(=O)C(F)(F)F. The van der Waals surface area contributed by atoms with Crippen LogP contribution < -0.4 is 4.18 Å². The summed E-state index contributed by atoms with van der Waals surface area (Å²) in [6.45, 7) is 7.44. The van der Waals surface area contributed by atoms with Gasteiger partial charge in [0.05, 0.1) is 0 Å². The molecule has 0 unspecified atom stereocenters. The largest absolute Gasteiger partial charge is 0.534 e. The van der Waals surface area contributed by atoms with Crippen LogP contribution in [0, 0.1) is 19.3 Å². The summed E-state index contributed by atoms with van der Waals surface area (Å²) >= 11 is 1.33. The molecule has 12 heteroatoms. The Morgan fingerprint density at radius 1 is 1.12 bits per heavy atom. The molecule has 2 aromatic heterocycles. The van der Waals surface area contributed by atoms with Crippen LogP contribution in [0.2, 0.25) is 0 Å². The molecular weight excluding hydrogens is 477 g/mol. The average molecular weight is 501 g/mol. The Morgan fingerprint density at radius 3 is 2.33 bits per heavy atom. The Hall–Kier alpha value is -2.47. The van der Waals surface area contributed by atoms with E-state index in [0.717, 1.165) is 25.0 Å². The van der Waals surface area contributed by atoms with Crippen molar-refractivity contribution in [1.82, 2.24) is 20.0 Å². The summed E-state index contributed by atoms with van der Waals surface area (Å²) in [4.78, 5) is 0. The van der Waals surface area contributed by atoms with Gasteiger partial charge in [-0.2, -0.15) is 26.7 Å². The van der Waals surface area contributed by atoms with Gasteiger partial charge in [0.25, 0.3) is 0 Å². The highest BCUT2D eigenvalue weighted by atomic mass is 32.2. The standard InChI is InChI=1S/C21H23F3N4O3S2/c1-11-8-13(9-12(2)17(11)31-33(29,30)21(22,23)24)18-25-26-19(32-18)16-14-6-7-20(3,4)10-15(14)28(5)27-16/h8-9H,6-7,10H2,1-5H3. The fourth-order valence-corrected chi connectivity index (χ4v) is 5.48. The summed E-state index contributed by atoms with van der Waals surface area (Å²) in [5, 5.41) is 14.5. The van der Waals surface area contributed by atoms with Crippen molar-refractivity contribution in [3.63, 3.8) is 0 Å². The van der Waals surface area contributed by atoms with Gasteiger partial charge in [0.1, 0.15) is 16.5 Å². The Morgan fingerprint density at radius 2 is 1.73 bits per heavy atom. The van der Waals surface area contributed by atoms with Gasteiger partial charge in [-0.25, -0.2) is 0 Å². The Balaban J connectivity index is 1.67. The topological polar surface area (TPSA) is 87.0 Å². The maximum atomic E-state index is 12.7. The van der Waals surface area contributed by atoms with E-state index >= 15 is 0 Å². The van der Waals surface area contributed by atoms with Gasteiger partial charge in [-0.1, -0.05) is 25.2 Å². The summed E-state index contributed by atoms with van der Waals surface area (Å²) < 4.78 is 67.3. The van der Waals surface area contributed by atoms with E-state index in [-0.39, 0.29) is 22.3 Å². The maximum absolute atomic E-state index is 12.7. The zero-order valence-electron chi connectivity index (χ0n) is 18.7. The second kappa shape index (κ2) is 7.79. The van der Waals surface area contributed by atoms with Gasteiger partial charge in [0.15, 0.2) is 5.01 Å². The number of fused-ring (bicyclic) bond motifs is 1. The van der Waals surface area contributed by atoms with Crippen LogP contribution in [0.4, 0.5) is 13.2 Å². The average Bonchev–Trinajstić information content (AvgIpc) is 3.28. The van der Waals surface area contributed by atoms with Crippen molar-refractivity contribution in [1.29, 1.82) is 0 Å². The first-order valence-electron chi connectivity index (χ1n) is 10.2. The number of benzene rings is 1. The lowest BCUT2D eigenvalue weighted by Gasteiger charge is -2.29. The molecule has 0 saturated carbocycles. The normalized spacial score (nSPS) is 16.0. The van der Waals surface area contributed by atoms with Crippen LogP contribution in [0.3, 0.4) is 0 Å². The smallest absolute Gasteiger partial charge is 0.375 e. The first-order chi connectivity index (χ1) is 15.2. The molecule has 0 spiro atoms.